The molecule has 0 amide bonds. The van der Waals surface area contributed by atoms with Crippen molar-refractivity contribution < 1.29 is 18.7 Å². The second kappa shape index (κ2) is 9.04. The Kier molecular flexibility index (Phi) is 6.27. The lowest BCUT2D eigenvalue weighted by atomic mass is 10.1. The summed E-state index contributed by atoms with van der Waals surface area (Å²) in [5.41, 5.74) is 0.581. The van der Waals surface area contributed by atoms with E-state index in [2.05, 4.69) is 6.92 Å². The Morgan fingerprint density at radius 3 is 2.71 bits per heavy atom. The Morgan fingerprint density at radius 1 is 1.11 bits per heavy atom. The van der Waals surface area contributed by atoms with Gasteiger partial charge in [-0.15, -0.1) is 0 Å². The topological polar surface area (TPSA) is 65.7 Å². The van der Waals surface area contributed by atoms with Crippen LogP contribution in [0, 0.1) is 0 Å². The molecule has 0 aliphatic heterocycles. The molecule has 28 heavy (non-hydrogen) atoms. The standard InChI is InChI=1S/C23H22O5/c1-3-4-13-27-22-14-16(10-12-21(22)26-2)9-11-19(24)18-15-17-7-5-6-8-20(17)28-23(18)25/h5-12,14-15H,3-4,13H2,1-2H3/b11-9+. The number of carbonyl (C=O) groups is 1. The van der Waals surface area contributed by atoms with E-state index in [-0.39, 0.29) is 5.56 Å². The van der Waals surface area contributed by atoms with Crippen molar-refractivity contribution in [3.8, 4) is 11.5 Å². The van der Waals surface area contributed by atoms with Gasteiger partial charge in [-0.25, -0.2) is 4.79 Å². The molecule has 0 radical (unpaired) electrons. The van der Waals surface area contributed by atoms with E-state index in [9.17, 15) is 9.59 Å². The third-order valence-electron chi connectivity index (χ3n) is 4.28. The highest BCUT2D eigenvalue weighted by Gasteiger charge is 2.11. The Morgan fingerprint density at radius 2 is 1.93 bits per heavy atom. The number of allylic oxidation sites excluding steroid dienone is 1. The minimum absolute atomic E-state index is 0.00267. The number of carbonyl (C=O) groups excluding carboxylic acids is 1. The Balaban J connectivity index is 1.83. The molecule has 0 spiro atoms. The fraction of sp³-hybridized carbons (Fsp3) is 0.217. The monoisotopic (exact) mass is 378 g/mol. The van der Waals surface area contributed by atoms with Crippen LogP contribution in [0.2, 0.25) is 0 Å². The van der Waals surface area contributed by atoms with Gasteiger partial charge in [-0.3, -0.25) is 4.79 Å². The highest BCUT2D eigenvalue weighted by atomic mass is 16.5. The first kappa shape index (κ1) is 19.4. The number of methoxy groups -OCH3 is 1. The summed E-state index contributed by atoms with van der Waals surface area (Å²) in [6, 6.07) is 14.1. The van der Waals surface area contributed by atoms with Gasteiger partial charge in [0, 0.05) is 5.39 Å². The molecule has 3 rings (SSSR count). The van der Waals surface area contributed by atoms with Crippen LogP contribution in [-0.4, -0.2) is 19.5 Å². The predicted molar refractivity (Wildman–Crippen MR) is 109 cm³/mol. The van der Waals surface area contributed by atoms with Crippen molar-refractivity contribution in [3.05, 3.63) is 76.2 Å². The maximum atomic E-state index is 12.5. The summed E-state index contributed by atoms with van der Waals surface area (Å²) < 4.78 is 16.3. The third kappa shape index (κ3) is 4.49. The molecule has 1 aromatic heterocycles. The van der Waals surface area contributed by atoms with Gasteiger partial charge in [0.25, 0.3) is 0 Å². The smallest absolute Gasteiger partial charge is 0.347 e. The molecule has 5 heteroatoms. The SMILES string of the molecule is CCCCOc1cc(/C=C/C(=O)c2cc3ccccc3oc2=O)ccc1OC. The van der Waals surface area contributed by atoms with Crippen LogP contribution in [0.25, 0.3) is 17.0 Å². The van der Waals surface area contributed by atoms with Gasteiger partial charge >= 0.3 is 5.63 Å². The van der Waals surface area contributed by atoms with Gasteiger partial charge in [0.2, 0.25) is 0 Å². The van der Waals surface area contributed by atoms with Crippen molar-refractivity contribution in [2.24, 2.45) is 0 Å². The minimum atomic E-state index is -0.647. The highest BCUT2D eigenvalue weighted by Crippen LogP contribution is 2.29. The first-order chi connectivity index (χ1) is 13.6. The first-order valence-corrected chi connectivity index (χ1v) is 9.18. The van der Waals surface area contributed by atoms with Crippen LogP contribution in [0.4, 0.5) is 0 Å². The highest BCUT2D eigenvalue weighted by molar-refractivity contribution is 6.07. The molecular weight excluding hydrogens is 356 g/mol. The molecule has 0 aliphatic rings. The first-order valence-electron chi connectivity index (χ1n) is 9.18. The second-order valence-corrected chi connectivity index (χ2v) is 6.30. The Bertz CT molecular complexity index is 1060. The fourth-order valence-electron chi connectivity index (χ4n) is 2.73. The van der Waals surface area contributed by atoms with Crippen molar-refractivity contribution >= 4 is 22.8 Å². The van der Waals surface area contributed by atoms with E-state index in [0.29, 0.717) is 29.1 Å². The van der Waals surface area contributed by atoms with Crippen LogP contribution in [0.3, 0.4) is 0 Å². The number of benzene rings is 2. The van der Waals surface area contributed by atoms with Crippen LogP contribution in [0.15, 0.2) is 63.8 Å². The van der Waals surface area contributed by atoms with Gasteiger partial charge in [-0.1, -0.05) is 43.7 Å². The van der Waals surface area contributed by atoms with E-state index in [0.717, 1.165) is 18.4 Å². The van der Waals surface area contributed by atoms with E-state index in [1.807, 2.05) is 12.1 Å². The Labute approximate surface area is 163 Å². The lowest BCUT2D eigenvalue weighted by molar-refractivity contribution is 0.104. The van der Waals surface area contributed by atoms with E-state index >= 15 is 0 Å². The normalized spacial score (nSPS) is 11.1. The minimum Gasteiger partial charge on any atom is -0.493 e. The molecule has 0 fully saturated rings. The fourth-order valence-corrected chi connectivity index (χ4v) is 2.73. The molecule has 0 saturated heterocycles. The number of ketones is 1. The van der Waals surface area contributed by atoms with E-state index in [1.54, 1.807) is 49.6 Å². The van der Waals surface area contributed by atoms with Gasteiger partial charge in [0.05, 0.1) is 13.7 Å². The maximum Gasteiger partial charge on any atom is 0.347 e. The summed E-state index contributed by atoms with van der Waals surface area (Å²) in [7, 11) is 1.58. The summed E-state index contributed by atoms with van der Waals surface area (Å²) in [5.74, 6) is 0.842. The molecule has 0 bridgehead atoms. The average Bonchev–Trinajstić information content (AvgIpc) is 2.71. The number of unbranched alkanes of at least 4 members (excludes halogenated alkanes) is 1. The molecule has 0 N–H and O–H groups in total. The summed E-state index contributed by atoms with van der Waals surface area (Å²) >= 11 is 0. The zero-order valence-electron chi connectivity index (χ0n) is 15.9. The lowest BCUT2D eigenvalue weighted by Crippen LogP contribution is -2.11. The number of fused-ring (bicyclic) bond motifs is 1. The molecule has 0 atom stereocenters. The molecule has 5 nitrogen and oxygen atoms in total. The number of hydrogen-bond acceptors (Lipinski definition) is 5. The quantitative estimate of drug-likeness (QED) is 0.242. The molecule has 0 saturated carbocycles. The Hall–Kier alpha value is -3.34. The summed E-state index contributed by atoms with van der Waals surface area (Å²) in [4.78, 5) is 24.6. The molecule has 0 aliphatic carbocycles. The zero-order valence-corrected chi connectivity index (χ0v) is 15.9. The maximum absolute atomic E-state index is 12.5. The summed E-state index contributed by atoms with van der Waals surface area (Å²) in [5, 5.41) is 0.704. The molecule has 0 unspecified atom stereocenters. The number of hydrogen-bond donors (Lipinski definition) is 0. The summed E-state index contributed by atoms with van der Waals surface area (Å²) in [6.45, 7) is 2.69. The molecule has 1 heterocycles. The van der Waals surface area contributed by atoms with Gasteiger partial charge < -0.3 is 13.9 Å². The van der Waals surface area contributed by atoms with Gasteiger partial charge in [-0.05, 0) is 42.3 Å². The number of para-hydroxylation sites is 1. The van der Waals surface area contributed by atoms with E-state index < -0.39 is 11.4 Å². The predicted octanol–water partition coefficient (Wildman–Crippen LogP) is 4.88. The van der Waals surface area contributed by atoms with Crippen LogP contribution < -0.4 is 15.1 Å². The van der Waals surface area contributed by atoms with Crippen molar-refractivity contribution in [3.63, 3.8) is 0 Å². The van der Waals surface area contributed by atoms with Crippen molar-refractivity contribution in [2.45, 2.75) is 19.8 Å². The largest absolute Gasteiger partial charge is 0.493 e. The zero-order chi connectivity index (χ0) is 19.9. The van der Waals surface area contributed by atoms with Gasteiger partial charge in [0.15, 0.2) is 17.3 Å². The van der Waals surface area contributed by atoms with E-state index in [4.69, 9.17) is 13.9 Å². The molecule has 3 aromatic rings. The van der Waals surface area contributed by atoms with Crippen LogP contribution in [-0.2, 0) is 0 Å². The number of ether oxygens (including phenoxy) is 2. The summed E-state index contributed by atoms with van der Waals surface area (Å²) in [6.07, 6.45) is 4.98. The van der Waals surface area contributed by atoms with Crippen molar-refractivity contribution in [1.29, 1.82) is 0 Å². The third-order valence-corrected chi connectivity index (χ3v) is 4.28. The molecule has 2 aromatic carbocycles. The van der Waals surface area contributed by atoms with Crippen molar-refractivity contribution in [2.75, 3.05) is 13.7 Å². The van der Waals surface area contributed by atoms with Gasteiger partial charge in [0.1, 0.15) is 11.1 Å². The van der Waals surface area contributed by atoms with Gasteiger partial charge in [-0.2, -0.15) is 0 Å². The second-order valence-electron chi connectivity index (χ2n) is 6.30. The van der Waals surface area contributed by atoms with Crippen LogP contribution in [0.1, 0.15) is 35.7 Å². The molecular formula is C23H22O5. The van der Waals surface area contributed by atoms with E-state index in [1.165, 1.54) is 6.08 Å². The lowest BCUT2D eigenvalue weighted by Gasteiger charge is -2.11. The average molecular weight is 378 g/mol. The molecule has 144 valence electrons. The van der Waals surface area contributed by atoms with Crippen LogP contribution >= 0.6 is 0 Å². The van der Waals surface area contributed by atoms with Crippen LogP contribution in [0.5, 0.6) is 11.5 Å². The van der Waals surface area contributed by atoms with Crippen molar-refractivity contribution in [1.82, 2.24) is 0 Å². The number of rotatable bonds is 8.